The topological polar surface area (TPSA) is 25.2 Å². The Kier molecular flexibility index (Phi) is 2.73. The highest BCUT2D eigenvalue weighted by atomic mass is 19.1. The molecule has 0 aliphatic heterocycles. The van der Waals surface area contributed by atoms with Crippen LogP contribution in [0.1, 0.15) is 19.4 Å². The molecule has 2 rings (SSSR count). The average molecular weight is 207 g/mol. The monoisotopic (exact) mass is 207 g/mol. The van der Waals surface area contributed by atoms with Gasteiger partial charge in [0.05, 0.1) is 6.26 Å². The van der Waals surface area contributed by atoms with Gasteiger partial charge in [0.25, 0.3) is 0 Å². The molecule has 80 valence electrons. The molecule has 0 atom stereocenters. The maximum absolute atomic E-state index is 13.3. The van der Waals surface area contributed by atoms with Crippen molar-refractivity contribution in [2.75, 3.05) is 0 Å². The van der Waals surface area contributed by atoms with Crippen LogP contribution >= 0.6 is 0 Å². The van der Waals surface area contributed by atoms with E-state index in [1.54, 1.807) is 12.3 Å². The number of benzene rings is 1. The maximum Gasteiger partial charge on any atom is 0.169 e. The summed E-state index contributed by atoms with van der Waals surface area (Å²) in [7, 11) is 0. The molecule has 0 saturated heterocycles. The SMILES string of the molecule is CC(C)NCc1coc2c(F)cccc12. The molecular formula is C12H14FNO. The van der Waals surface area contributed by atoms with Crippen molar-refractivity contribution in [1.82, 2.24) is 5.32 Å². The maximum atomic E-state index is 13.3. The highest BCUT2D eigenvalue weighted by Gasteiger charge is 2.09. The number of halogens is 1. The highest BCUT2D eigenvalue weighted by Crippen LogP contribution is 2.23. The van der Waals surface area contributed by atoms with Gasteiger partial charge in [-0.3, -0.25) is 0 Å². The van der Waals surface area contributed by atoms with Crippen molar-refractivity contribution in [2.45, 2.75) is 26.4 Å². The van der Waals surface area contributed by atoms with Gasteiger partial charge in [-0.25, -0.2) is 4.39 Å². The fraction of sp³-hybridized carbons (Fsp3) is 0.333. The summed E-state index contributed by atoms with van der Waals surface area (Å²) >= 11 is 0. The van der Waals surface area contributed by atoms with Crippen molar-refractivity contribution in [3.05, 3.63) is 35.8 Å². The van der Waals surface area contributed by atoms with E-state index in [0.717, 1.165) is 10.9 Å². The van der Waals surface area contributed by atoms with Gasteiger partial charge >= 0.3 is 0 Å². The van der Waals surface area contributed by atoms with Gasteiger partial charge in [-0.15, -0.1) is 0 Å². The molecule has 2 nitrogen and oxygen atoms in total. The lowest BCUT2D eigenvalue weighted by atomic mass is 10.1. The molecule has 0 amide bonds. The summed E-state index contributed by atoms with van der Waals surface area (Å²) in [6, 6.07) is 5.39. The van der Waals surface area contributed by atoms with Crippen LogP contribution in [0.5, 0.6) is 0 Å². The third-order valence-corrected chi connectivity index (χ3v) is 2.33. The third kappa shape index (κ3) is 2.02. The Morgan fingerprint density at radius 3 is 2.93 bits per heavy atom. The third-order valence-electron chi connectivity index (χ3n) is 2.33. The summed E-state index contributed by atoms with van der Waals surface area (Å²) in [6.07, 6.45) is 1.61. The largest absolute Gasteiger partial charge is 0.461 e. The molecule has 1 heterocycles. The van der Waals surface area contributed by atoms with Gasteiger partial charge in [0.15, 0.2) is 11.4 Å². The summed E-state index contributed by atoms with van der Waals surface area (Å²) in [5.74, 6) is -0.303. The lowest BCUT2D eigenvalue weighted by Crippen LogP contribution is -2.21. The number of hydrogen-bond donors (Lipinski definition) is 1. The van der Waals surface area contributed by atoms with Gasteiger partial charge in [-0.05, 0) is 6.07 Å². The normalized spacial score (nSPS) is 11.5. The molecule has 1 N–H and O–H groups in total. The Balaban J connectivity index is 2.33. The van der Waals surface area contributed by atoms with Crippen LogP contribution in [0.25, 0.3) is 11.0 Å². The van der Waals surface area contributed by atoms with E-state index in [1.165, 1.54) is 6.07 Å². The van der Waals surface area contributed by atoms with Crippen LogP contribution in [-0.2, 0) is 6.54 Å². The zero-order chi connectivity index (χ0) is 10.8. The van der Waals surface area contributed by atoms with Crippen molar-refractivity contribution in [3.8, 4) is 0 Å². The summed E-state index contributed by atoms with van der Waals surface area (Å²) in [5, 5.41) is 4.13. The minimum absolute atomic E-state index is 0.303. The van der Waals surface area contributed by atoms with E-state index in [4.69, 9.17) is 4.42 Å². The standard InChI is InChI=1S/C12H14FNO/c1-8(2)14-6-9-7-15-12-10(9)4-3-5-11(12)13/h3-5,7-8,14H,6H2,1-2H3. The van der Waals surface area contributed by atoms with E-state index < -0.39 is 0 Å². The molecule has 0 aliphatic carbocycles. The number of para-hydroxylation sites is 1. The smallest absolute Gasteiger partial charge is 0.169 e. The lowest BCUT2D eigenvalue weighted by molar-refractivity contribution is 0.550. The van der Waals surface area contributed by atoms with E-state index in [-0.39, 0.29) is 5.82 Å². The van der Waals surface area contributed by atoms with Crippen LogP contribution in [0, 0.1) is 5.82 Å². The van der Waals surface area contributed by atoms with Gasteiger partial charge in [-0.1, -0.05) is 26.0 Å². The number of nitrogens with one attached hydrogen (secondary N) is 1. The molecule has 0 radical (unpaired) electrons. The molecule has 0 aliphatic rings. The van der Waals surface area contributed by atoms with Crippen molar-refractivity contribution in [1.29, 1.82) is 0 Å². The molecule has 0 bridgehead atoms. The molecule has 1 aromatic heterocycles. The Hall–Kier alpha value is -1.35. The molecular weight excluding hydrogens is 193 g/mol. The predicted molar refractivity (Wildman–Crippen MR) is 58.1 cm³/mol. The van der Waals surface area contributed by atoms with E-state index in [2.05, 4.69) is 19.2 Å². The van der Waals surface area contributed by atoms with Gasteiger partial charge in [-0.2, -0.15) is 0 Å². The second-order valence-corrected chi connectivity index (χ2v) is 3.91. The molecule has 2 aromatic rings. The summed E-state index contributed by atoms with van der Waals surface area (Å²) in [6.45, 7) is 4.85. The zero-order valence-corrected chi connectivity index (χ0v) is 8.88. The highest BCUT2D eigenvalue weighted by molar-refractivity contribution is 5.81. The average Bonchev–Trinajstić information content (AvgIpc) is 2.59. The van der Waals surface area contributed by atoms with Crippen LogP contribution in [0.2, 0.25) is 0 Å². The Bertz CT molecular complexity index is 462. The molecule has 0 unspecified atom stereocenters. The quantitative estimate of drug-likeness (QED) is 0.836. The minimum atomic E-state index is -0.303. The van der Waals surface area contributed by atoms with Crippen LogP contribution in [0.3, 0.4) is 0 Å². The van der Waals surface area contributed by atoms with Crippen molar-refractivity contribution in [3.63, 3.8) is 0 Å². The van der Waals surface area contributed by atoms with Crippen molar-refractivity contribution in [2.24, 2.45) is 0 Å². The van der Waals surface area contributed by atoms with Crippen molar-refractivity contribution >= 4 is 11.0 Å². The van der Waals surface area contributed by atoms with Gasteiger partial charge in [0.1, 0.15) is 0 Å². The number of fused-ring (bicyclic) bond motifs is 1. The first kappa shape index (κ1) is 10.2. The summed E-state index contributed by atoms with van der Waals surface area (Å²) in [4.78, 5) is 0. The number of rotatable bonds is 3. The summed E-state index contributed by atoms with van der Waals surface area (Å²) in [5.41, 5.74) is 1.34. The van der Waals surface area contributed by atoms with E-state index in [1.807, 2.05) is 6.07 Å². The second-order valence-electron chi connectivity index (χ2n) is 3.91. The number of furan rings is 1. The first-order valence-corrected chi connectivity index (χ1v) is 5.06. The van der Waals surface area contributed by atoms with Gasteiger partial charge in [0, 0.05) is 23.5 Å². The van der Waals surface area contributed by atoms with Crippen LogP contribution in [0.4, 0.5) is 4.39 Å². The first-order chi connectivity index (χ1) is 7.18. The lowest BCUT2D eigenvalue weighted by Gasteiger charge is -2.05. The van der Waals surface area contributed by atoms with Gasteiger partial charge < -0.3 is 9.73 Å². The molecule has 15 heavy (non-hydrogen) atoms. The Labute approximate surface area is 88.1 Å². The zero-order valence-electron chi connectivity index (χ0n) is 8.88. The Morgan fingerprint density at radius 1 is 1.40 bits per heavy atom. The van der Waals surface area contributed by atoms with Crippen LogP contribution in [0.15, 0.2) is 28.9 Å². The minimum Gasteiger partial charge on any atom is -0.461 e. The summed E-state index contributed by atoms with van der Waals surface area (Å²) < 4.78 is 18.5. The van der Waals surface area contributed by atoms with E-state index in [9.17, 15) is 4.39 Å². The number of hydrogen-bond acceptors (Lipinski definition) is 2. The van der Waals surface area contributed by atoms with Crippen molar-refractivity contribution < 1.29 is 8.81 Å². The molecule has 3 heteroatoms. The van der Waals surface area contributed by atoms with E-state index in [0.29, 0.717) is 18.2 Å². The fourth-order valence-electron chi connectivity index (χ4n) is 1.53. The van der Waals surface area contributed by atoms with Crippen LogP contribution < -0.4 is 5.32 Å². The van der Waals surface area contributed by atoms with Crippen LogP contribution in [-0.4, -0.2) is 6.04 Å². The second kappa shape index (κ2) is 4.03. The fourth-order valence-corrected chi connectivity index (χ4v) is 1.53. The molecule has 1 aromatic carbocycles. The molecule has 0 saturated carbocycles. The molecule has 0 fully saturated rings. The molecule has 0 spiro atoms. The Morgan fingerprint density at radius 2 is 2.20 bits per heavy atom. The van der Waals surface area contributed by atoms with E-state index >= 15 is 0 Å². The predicted octanol–water partition coefficient (Wildman–Crippen LogP) is 3.07. The first-order valence-electron chi connectivity index (χ1n) is 5.06. The van der Waals surface area contributed by atoms with Gasteiger partial charge in [0.2, 0.25) is 0 Å².